The summed E-state index contributed by atoms with van der Waals surface area (Å²) in [6, 6.07) is 9.02. The van der Waals surface area contributed by atoms with Crippen molar-refractivity contribution in [3.8, 4) is 11.5 Å². The molecule has 0 aliphatic carbocycles. The maximum atomic E-state index is 13.8. The molecule has 0 saturated carbocycles. The van der Waals surface area contributed by atoms with Gasteiger partial charge in [-0.15, -0.1) is 0 Å². The molecule has 2 aromatic rings. The van der Waals surface area contributed by atoms with Crippen LogP contribution >= 0.6 is 11.6 Å². The third-order valence-corrected chi connectivity index (χ3v) is 4.25. The number of carbonyl (C=O) groups is 2. The van der Waals surface area contributed by atoms with Gasteiger partial charge < -0.3 is 19.7 Å². The van der Waals surface area contributed by atoms with Crippen molar-refractivity contribution in [3.63, 3.8) is 0 Å². The Labute approximate surface area is 161 Å². The van der Waals surface area contributed by atoms with E-state index in [4.69, 9.17) is 21.1 Å². The number of likely N-dealkylation sites (N-methyl/N-ethyl adjacent to an activating group) is 1. The summed E-state index contributed by atoms with van der Waals surface area (Å²) in [5.74, 6) is -0.431. The van der Waals surface area contributed by atoms with E-state index in [1.165, 1.54) is 50.4 Å². The number of ether oxygens (including phenoxy) is 2. The summed E-state index contributed by atoms with van der Waals surface area (Å²) in [5.41, 5.74) is 0.512. The van der Waals surface area contributed by atoms with Crippen LogP contribution in [0.2, 0.25) is 5.02 Å². The van der Waals surface area contributed by atoms with Crippen LogP contribution in [-0.4, -0.2) is 44.5 Å². The van der Waals surface area contributed by atoms with Crippen molar-refractivity contribution in [2.75, 3.05) is 27.8 Å². The monoisotopic (exact) mass is 394 g/mol. The van der Waals surface area contributed by atoms with Gasteiger partial charge in [0.2, 0.25) is 5.91 Å². The Morgan fingerprint density at radius 2 is 1.78 bits per heavy atom. The highest BCUT2D eigenvalue weighted by atomic mass is 35.5. The summed E-state index contributed by atoms with van der Waals surface area (Å²) in [6.07, 6.45) is 0. The van der Waals surface area contributed by atoms with Crippen LogP contribution in [0.15, 0.2) is 36.4 Å². The van der Waals surface area contributed by atoms with E-state index < -0.39 is 17.6 Å². The number of hydrogen-bond donors (Lipinski definition) is 1. The molecule has 0 heterocycles. The second-order valence-electron chi connectivity index (χ2n) is 5.73. The van der Waals surface area contributed by atoms with Crippen molar-refractivity contribution in [3.05, 3.63) is 58.4 Å². The lowest BCUT2D eigenvalue weighted by Crippen LogP contribution is -2.38. The molecule has 6 nitrogen and oxygen atoms in total. The zero-order valence-corrected chi connectivity index (χ0v) is 16.0. The van der Waals surface area contributed by atoms with E-state index in [2.05, 4.69) is 5.32 Å². The van der Waals surface area contributed by atoms with Gasteiger partial charge in [0.25, 0.3) is 5.91 Å². The van der Waals surface area contributed by atoms with Crippen LogP contribution in [0.3, 0.4) is 0 Å². The molecule has 0 aromatic heterocycles. The summed E-state index contributed by atoms with van der Waals surface area (Å²) >= 11 is 5.97. The average molecular weight is 395 g/mol. The number of amides is 2. The fraction of sp³-hybridized carbons (Fsp3) is 0.263. The molecule has 0 spiro atoms. The molecule has 1 N–H and O–H groups in total. The molecule has 0 saturated heterocycles. The van der Waals surface area contributed by atoms with Gasteiger partial charge in [0, 0.05) is 35.8 Å². The molecule has 0 unspecified atom stereocenters. The third-order valence-electron chi connectivity index (χ3n) is 3.90. The van der Waals surface area contributed by atoms with Gasteiger partial charge in [-0.2, -0.15) is 0 Å². The van der Waals surface area contributed by atoms with Gasteiger partial charge in [0.05, 0.1) is 20.8 Å². The topological polar surface area (TPSA) is 67.9 Å². The van der Waals surface area contributed by atoms with Crippen LogP contribution in [0.4, 0.5) is 4.39 Å². The summed E-state index contributed by atoms with van der Waals surface area (Å²) in [6.45, 7) is -0.256. The van der Waals surface area contributed by atoms with E-state index in [1.54, 1.807) is 12.1 Å². The number of benzene rings is 2. The minimum atomic E-state index is -0.491. The second-order valence-corrected chi connectivity index (χ2v) is 6.14. The maximum absolute atomic E-state index is 13.8. The van der Waals surface area contributed by atoms with Crippen molar-refractivity contribution in [1.29, 1.82) is 0 Å². The van der Waals surface area contributed by atoms with Crippen molar-refractivity contribution in [2.24, 2.45) is 0 Å². The van der Waals surface area contributed by atoms with Gasteiger partial charge in [-0.05, 0) is 24.3 Å². The van der Waals surface area contributed by atoms with Gasteiger partial charge in [-0.25, -0.2) is 4.39 Å². The van der Waals surface area contributed by atoms with E-state index in [0.29, 0.717) is 17.1 Å². The van der Waals surface area contributed by atoms with E-state index in [1.807, 2.05) is 0 Å². The van der Waals surface area contributed by atoms with E-state index in [-0.39, 0.29) is 23.7 Å². The Morgan fingerprint density at radius 1 is 1.15 bits per heavy atom. The number of carbonyl (C=O) groups excluding carboxylic acids is 2. The van der Waals surface area contributed by atoms with Gasteiger partial charge in [0.1, 0.15) is 17.3 Å². The molecule has 0 aliphatic heterocycles. The molecule has 27 heavy (non-hydrogen) atoms. The van der Waals surface area contributed by atoms with Crippen molar-refractivity contribution < 1.29 is 23.5 Å². The van der Waals surface area contributed by atoms with Gasteiger partial charge >= 0.3 is 0 Å². The zero-order chi connectivity index (χ0) is 20.0. The molecule has 0 radical (unpaired) electrons. The largest absolute Gasteiger partial charge is 0.497 e. The van der Waals surface area contributed by atoms with Crippen LogP contribution in [0.25, 0.3) is 0 Å². The molecule has 0 aliphatic rings. The molecule has 0 atom stereocenters. The predicted molar refractivity (Wildman–Crippen MR) is 99.8 cm³/mol. The van der Waals surface area contributed by atoms with Crippen LogP contribution in [0.5, 0.6) is 11.5 Å². The van der Waals surface area contributed by atoms with Crippen LogP contribution in [0.1, 0.15) is 15.9 Å². The summed E-state index contributed by atoms with van der Waals surface area (Å²) in [7, 11) is 4.46. The fourth-order valence-electron chi connectivity index (χ4n) is 2.34. The van der Waals surface area contributed by atoms with Crippen molar-refractivity contribution in [1.82, 2.24) is 10.2 Å². The van der Waals surface area contributed by atoms with Crippen molar-refractivity contribution in [2.45, 2.75) is 6.54 Å². The summed E-state index contributed by atoms with van der Waals surface area (Å²) < 4.78 is 24.1. The number of methoxy groups -OCH3 is 2. The maximum Gasteiger partial charge on any atom is 0.251 e. The smallest absolute Gasteiger partial charge is 0.251 e. The lowest BCUT2D eigenvalue weighted by molar-refractivity contribution is -0.129. The first-order valence-electron chi connectivity index (χ1n) is 8.03. The first-order chi connectivity index (χ1) is 12.8. The molecule has 8 heteroatoms. The zero-order valence-electron chi connectivity index (χ0n) is 15.2. The summed E-state index contributed by atoms with van der Waals surface area (Å²) in [5, 5.41) is 2.77. The Balaban J connectivity index is 1.99. The van der Waals surface area contributed by atoms with Gasteiger partial charge in [-0.3, -0.25) is 9.59 Å². The van der Waals surface area contributed by atoms with Gasteiger partial charge in [-0.1, -0.05) is 17.7 Å². The first kappa shape index (κ1) is 20.5. The summed E-state index contributed by atoms with van der Waals surface area (Å²) in [4.78, 5) is 25.8. The van der Waals surface area contributed by atoms with Crippen LogP contribution in [0, 0.1) is 5.82 Å². The molecule has 0 bridgehead atoms. The molecular formula is C19H20ClFN2O4. The van der Waals surface area contributed by atoms with E-state index in [9.17, 15) is 14.0 Å². The minimum absolute atomic E-state index is 0.00675. The first-order valence-corrected chi connectivity index (χ1v) is 8.41. The number of halogens is 2. The molecular weight excluding hydrogens is 375 g/mol. The Morgan fingerprint density at radius 3 is 2.33 bits per heavy atom. The fourth-order valence-corrected chi connectivity index (χ4v) is 2.56. The molecule has 2 aromatic carbocycles. The minimum Gasteiger partial charge on any atom is -0.497 e. The number of rotatable bonds is 7. The molecule has 0 fully saturated rings. The highest BCUT2D eigenvalue weighted by Gasteiger charge is 2.16. The van der Waals surface area contributed by atoms with Crippen molar-refractivity contribution >= 4 is 23.4 Å². The lowest BCUT2D eigenvalue weighted by Gasteiger charge is -2.19. The number of hydrogen-bond acceptors (Lipinski definition) is 4. The van der Waals surface area contributed by atoms with Crippen LogP contribution in [-0.2, 0) is 11.3 Å². The Hall–Kier alpha value is -2.80. The second kappa shape index (κ2) is 9.23. The number of nitrogens with one attached hydrogen (secondary N) is 1. The molecule has 2 amide bonds. The van der Waals surface area contributed by atoms with Gasteiger partial charge in [0.15, 0.2) is 0 Å². The van der Waals surface area contributed by atoms with E-state index in [0.717, 1.165) is 0 Å². The molecule has 2 rings (SSSR count). The predicted octanol–water partition coefficient (Wildman–Crippen LogP) is 2.88. The molecule has 144 valence electrons. The Bertz CT molecular complexity index is 802. The lowest BCUT2D eigenvalue weighted by atomic mass is 10.2. The third kappa shape index (κ3) is 5.34. The normalized spacial score (nSPS) is 10.3. The quantitative estimate of drug-likeness (QED) is 0.784. The Kier molecular flexibility index (Phi) is 7.01. The standard InChI is InChI=1S/C19H20ClFN2O4/c1-23(11-15-16(20)5-4-6-17(15)21)18(24)10-22-19(25)12-7-13(26-2)9-14(8-12)27-3/h4-9H,10-11H2,1-3H3,(H,22,25). The SMILES string of the molecule is COc1cc(OC)cc(C(=O)NCC(=O)N(C)Cc2c(F)cccc2Cl)c1. The number of nitrogens with zero attached hydrogens (tertiary/aromatic N) is 1. The van der Waals surface area contributed by atoms with Crippen LogP contribution < -0.4 is 14.8 Å². The highest BCUT2D eigenvalue weighted by molar-refractivity contribution is 6.31. The van der Waals surface area contributed by atoms with E-state index >= 15 is 0 Å². The average Bonchev–Trinajstić information content (AvgIpc) is 2.67. The highest BCUT2D eigenvalue weighted by Crippen LogP contribution is 2.22.